The molecule has 0 aromatic rings. The first-order chi connectivity index (χ1) is 24.7. The molecular formula is C29H51NO22. The van der Waals surface area contributed by atoms with Gasteiger partial charge in [-0.25, -0.2) is 4.79 Å². The van der Waals surface area contributed by atoms with Crippen molar-refractivity contribution < 1.29 is 109 Å². The monoisotopic (exact) mass is 765 g/mol. The van der Waals surface area contributed by atoms with Crippen molar-refractivity contribution >= 4 is 5.97 Å². The number of ether oxygens (including phenoxy) is 8. The van der Waals surface area contributed by atoms with Crippen molar-refractivity contribution in [3.05, 3.63) is 0 Å². The summed E-state index contributed by atoms with van der Waals surface area (Å²) in [6.07, 6.45) is -34.4. The zero-order chi connectivity index (χ0) is 38.4. The molecule has 304 valence electrons. The van der Waals surface area contributed by atoms with E-state index in [-0.39, 0.29) is 6.61 Å². The van der Waals surface area contributed by atoms with Crippen LogP contribution in [0.5, 0.6) is 0 Å². The summed E-state index contributed by atoms with van der Waals surface area (Å²) in [7, 11) is 0. The summed E-state index contributed by atoms with van der Waals surface area (Å²) in [4.78, 5) is 11.4. The minimum Gasteiger partial charge on any atom is -0.479 e. The van der Waals surface area contributed by atoms with Gasteiger partial charge < -0.3 is 110 Å². The molecule has 4 heterocycles. The van der Waals surface area contributed by atoms with E-state index in [9.17, 15) is 71.2 Å². The lowest BCUT2D eigenvalue weighted by Gasteiger charge is -2.49. The number of unbranched alkanes of at least 4 members (excludes halogenated alkanes) is 2. The van der Waals surface area contributed by atoms with Crippen LogP contribution in [0.4, 0.5) is 0 Å². The Labute approximate surface area is 296 Å². The fourth-order valence-corrected chi connectivity index (χ4v) is 6.28. The second-order valence-corrected chi connectivity index (χ2v) is 12.9. The van der Waals surface area contributed by atoms with Crippen LogP contribution in [0.25, 0.3) is 0 Å². The summed E-state index contributed by atoms with van der Waals surface area (Å²) < 4.78 is 43.9. The molecule has 23 heteroatoms. The summed E-state index contributed by atoms with van der Waals surface area (Å²) in [5.74, 6) is -1.72. The zero-order valence-electron chi connectivity index (χ0n) is 27.8. The Morgan fingerprint density at radius 2 is 0.885 bits per heavy atom. The highest BCUT2D eigenvalue weighted by Crippen LogP contribution is 2.34. The lowest BCUT2D eigenvalue weighted by Crippen LogP contribution is -2.67. The number of carboxylic acids is 1. The molecular weight excluding hydrogens is 714 g/mol. The Morgan fingerprint density at radius 1 is 0.500 bits per heavy atom. The van der Waals surface area contributed by atoms with Gasteiger partial charge in [0.15, 0.2) is 31.3 Å². The third-order valence-corrected chi connectivity index (χ3v) is 9.28. The van der Waals surface area contributed by atoms with Crippen LogP contribution in [0, 0.1) is 0 Å². The lowest BCUT2D eigenvalue weighted by atomic mass is 9.95. The van der Waals surface area contributed by atoms with Crippen LogP contribution >= 0.6 is 0 Å². The molecule has 4 aliphatic heterocycles. The minimum absolute atomic E-state index is 0.151. The Morgan fingerprint density at radius 3 is 1.29 bits per heavy atom. The smallest absolute Gasteiger partial charge is 0.335 e. The second kappa shape index (κ2) is 19.5. The summed E-state index contributed by atoms with van der Waals surface area (Å²) in [5, 5.41) is 135. The SMILES string of the molecule is NCCCCCO[C@H]1O[C@H](CO)[C@H](O[C@H]2O[C@H](CO)[C@@H](O[C@@H]3O[C@H](CO)[C@@H](O[C@@H]4O[C@H](C(=O)O)[C@@H](O)[C@H](O)[C@H]4O)[C@H](O)[C@H]3O)[C@H](O)[C@H]2O)[C@H](O)[C@H]1O. The average Bonchev–Trinajstić information content (AvgIpc) is 3.13. The van der Waals surface area contributed by atoms with Crippen molar-refractivity contribution in [2.45, 2.75) is 142 Å². The third-order valence-electron chi connectivity index (χ3n) is 9.28. The quantitative estimate of drug-likeness (QED) is 0.0649. The molecule has 0 aliphatic carbocycles. The predicted octanol–water partition coefficient (Wildman–Crippen LogP) is -8.50. The van der Waals surface area contributed by atoms with E-state index in [4.69, 9.17) is 43.6 Å². The van der Waals surface area contributed by atoms with Crippen LogP contribution < -0.4 is 5.73 Å². The largest absolute Gasteiger partial charge is 0.479 e. The van der Waals surface area contributed by atoms with E-state index < -0.39 is 149 Å². The van der Waals surface area contributed by atoms with E-state index in [1.807, 2.05) is 0 Å². The molecule has 0 radical (unpaired) electrons. The lowest BCUT2D eigenvalue weighted by molar-refractivity contribution is -0.387. The third kappa shape index (κ3) is 9.52. The first-order valence-electron chi connectivity index (χ1n) is 16.8. The van der Waals surface area contributed by atoms with E-state index >= 15 is 0 Å². The van der Waals surface area contributed by atoms with Crippen LogP contribution in [0.15, 0.2) is 0 Å². The average molecular weight is 766 g/mol. The standard InChI is InChI=1S/C29H51NO22/c30-4-2-1-3-5-45-26-18(40)14(36)21(9(6-31)46-26)49-27-19(41)15(37)22(10(7-32)47-27)50-28-20(42)16(38)23(11(8-33)48-28)51-29-17(39)12(34)13(35)24(52-29)25(43)44/h9-24,26-29,31-42H,1-8,30H2,(H,43,44)/t9-,10-,11-,12+,13+,14-,15-,16-,17-,18-,19-,20-,21+,22-,23-,24+,26+,27-,28+,29-/m1/s1. The molecule has 15 N–H and O–H groups in total. The Hall–Kier alpha value is -1.37. The summed E-state index contributed by atoms with van der Waals surface area (Å²) in [6.45, 7) is -1.98. The van der Waals surface area contributed by atoms with Gasteiger partial charge in [-0.1, -0.05) is 0 Å². The number of carboxylic acid groups (broad SMARTS) is 1. The fourth-order valence-electron chi connectivity index (χ4n) is 6.28. The molecule has 0 amide bonds. The van der Waals surface area contributed by atoms with E-state index in [2.05, 4.69) is 0 Å². The molecule has 0 spiro atoms. The molecule has 23 nitrogen and oxygen atoms in total. The second-order valence-electron chi connectivity index (χ2n) is 12.9. The van der Waals surface area contributed by atoms with Gasteiger partial charge >= 0.3 is 5.97 Å². The van der Waals surface area contributed by atoms with Gasteiger partial charge in [0.2, 0.25) is 0 Å². The zero-order valence-corrected chi connectivity index (χ0v) is 27.8. The molecule has 52 heavy (non-hydrogen) atoms. The molecule has 0 bridgehead atoms. The van der Waals surface area contributed by atoms with Gasteiger partial charge in [-0.3, -0.25) is 0 Å². The number of aliphatic carboxylic acids is 1. The molecule has 0 aromatic heterocycles. The van der Waals surface area contributed by atoms with Gasteiger partial charge in [-0.15, -0.1) is 0 Å². The van der Waals surface area contributed by atoms with E-state index in [0.717, 1.165) is 12.8 Å². The highest BCUT2D eigenvalue weighted by atomic mass is 16.8. The van der Waals surface area contributed by atoms with Gasteiger partial charge in [-0.2, -0.15) is 0 Å². The van der Waals surface area contributed by atoms with E-state index in [1.54, 1.807) is 0 Å². The Kier molecular flexibility index (Phi) is 16.2. The van der Waals surface area contributed by atoms with Crippen molar-refractivity contribution in [1.82, 2.24) is 0 Å². The number of hydrogen-bond donors (Lipinski definition) is 14. The fraction of sp³-hybridized carbons (Fsp3) is 0.966. The first-order valence-corrected chi connectivity index (χ1v) is 16.8. The summed E-state index contributed by atoms with van der Waals surface area (Å²) >= 11 is 0. The number of nitrogens with two attached hydrogens (primary N) is 1. The summed E-state index contributed by atoms with van der Waals surface area (Å²) in [5.41, 5.74) is 5.46. The van der Waals surface area contributed by atoms with Crippen molar-refractivity contribution in [2.75, 3.05) is 33.0 Å². The van der Waals surface area contributed by atoms with Crippen molar-refractivity contribution in [1.29, 1.82) is 0 Å². The highest BCUT2D eigenvalue weighted by Gasteiger charge is 2.55. The van der Waals surface area contributed by atoms with Crippen molar-refractivity contribution in [3.8, 4) is 0 Å². The molecule has 0 saturated carbocycles. The number of aliphatic hydroxyl groups is 12. The normalized spacial score (nSPS) is 47.3. The van der Waals surface area contributed by atoms with Crippen LogP contribution in [-0.2, 0) is 42.7 Å². The Bertz CT molecular complexity index is 1090. The van der Waals surface area contributed by atoms with Gasteiger partial charge in [-0.05, 0) is 25.8 Å². The molecule has 4 fully saturated rings. The first kappa shape index (κ1) is 43.4. The van der Waals surface area contributed by atoms with Crippen LogP contribution in [-0.4, -0.2) is 228 Å². The molecule has 4 rings (SSSR count). The highest BCUT2D eigenvalue weighted by molar-refractivity contribution is 5.73. The molecule has 4 saturated heterocycles. The molecule has 0 aromatic carbocycles. The van der Waals surface area contributed by atoms with Crippen molar-refractivity contribution in [3.63, 3.8) is 0 Å². The van der Waals surface area contributed by atoms with Gasteiger partial charge in [0.1, 0.15) is 91.6 Å². The maximum absolute atomic E-state index is 11.4. The number of hydrogen-bond acceptors (Lipinski definition) is 22. The Balaban J connectivity index is 1.39. The maximum atomic E-state index is 11.4. The van der Waals surface area contributed by atoms with Crippen molar-refractivity contribution in [2.24, 2.45) is 5.73 Å². The van der Waals surface area contributed by atoms with E-state index in [0.29, 0.717) is 13.0 Å². The molecule has 4 aliphatic rings. The number of aliphatic hydroxyl groups excluding tert-OH is 12. The molecule has 0 unspecified atom stereocenters. The topological polar surface area (TPSA) is 380 Å². The van der Waals surface area contributed by atoms with E-state index in [1.165, 1.54) is 0 Å². The number of rotatable bonds is 16. The van der Waals surface area contributed by atoms with Crippen LogP contribution in [0.1, 0.15) is 19.3 Å². The predicted molar refractivity (Wildman–Crippen MR) is 161 cm³/mol. The van der Waals surface area contributed by atoms with Crippen LogP contribution in [0.3, 0.4) is 0 Å². The van der Waals surface area contributed by atoms with Gasteiger partial charge in [0.25, 0.3) is 0 Å². The molecule has 20 atom stereocenters. The minimum atomic E-state index is -2.09. The van der Waals surface area contributed by atoms with Crippen LogP contribution in [0.2, 0.25) is 0 Å². The van der Waals surface area contributed by atoms with Gasteiger partial charge in [0.05, 0.1) is 19.8 Å². The maximum Gasteiger partial charge on any atom is 0.335 e. The van der Waals surface area contributed by atoms with Gasteiger partial charge in [0, 0.05) is 6.61 Å². The number of carbonyl (C=O) groups is 1. The summed E-state index contributed by atoms with van der Waals surface area (Å²) in [6, 6.07) is 0.